The average Bonchev–Trinajstić information content (AvgIpc) is 2.94. The SMILES string of the molecule is CCCNC1CCCCc2nc(-c3cccs3)ncc21. The lowest BCUT2D eigenvalue weighted by molar-refractivity contribution is 0.488. The van der Waals surface area contributed by atoms with Crippen LogP contribution in [0.1, 0.15) is 49.9 Å². The molecule has 0 amide bonds. The second kappa shape index (κ2) is 6.46. The predicted molar refractivity (Wildman–Crippen MR) is 83.9 cm³/mol. The van der Waals surface area contributed by atoms with Crippen molar-refractivity contribution in [1.82, 2.24) is 15.3 Å². The Labute approximate surface area is 124 Å². The summed E-state index contributed by atoms with van der Waals surface area (Å²) in [7, 11) is 0. The van der Waals surface area contributed by atoms with Crippen LogP contribution in [0, 0.1) is 0 Å². The standard InChI is InChI=1S/C16H21N3S/c1-2-9-17-13-6-3-4-7-14-12(13)11-18-16(19-14)15-8-5-10-20-15/h5,8,10-11,13,17H,2-4,6-7,9H2,1H3. The maximum Gasteiger partial charge on any atom is 0.169 e. The van der Waals surface area contributed by atoms with Gasteiger partial charge in [0, 0.05) is 23.5 Å². The highest BCUT2D eigenvalue weighted by atomic mass is 32.1. The van der Waals surface area contributed by atoms with Crippen molar-refractivity contribution >= 4 is 11.3 Å². The first-order chi connectivity index (χ1) is 9.88. The van der Waals surface area contributed by atoms with Crippen LogP contribution in [0.5, 0.6) is 0 Å². The Morgan fingerprint density at radius 2 is 2.35 bits per heavy atom. The summed E-state index contributed by atoms with van der Waals surface area (Å²) >= 11 is 1.71. The molecule has 20 heavy (non-hydrogen) atoms. The molecule has 2 aromatic heterocycles. The number of hydrogen-bond donors (Lipinski definition) is 1. The fourth-order valence-corrected chi connectivity index (χ4v) is 3.43. The highest BCUT2D eigenvalue weighted by Crippen LogP contribution is 2.29. The summed E-state index contributed by atoms with van der Waals surface area (Å²) in [5.74, 6) is 0.884. The van der Waals surface area contributed by atoms with Gasteiger partial charge >= 0.3 is 0 Å². The van der Waals surface area contributed by atoms with E-state index >= 15 is 0 Å². The molecule has 1 unspecified atom stereocenters. The Balaban J connectivity index is 1.91. The van der Waals surface area contributed by atoms with Gasteiger partial charge in [0.15, 0.2) is 5.82 Å². The zero-order chi connectivity index (χ0) is 13.8. The number of aryl methyl sites for hydroxylation is 1. The molecule has 0 radical (unpaired) electrons. The van der Waals surface area contributed by atoms with Crippen LogP contribution >= 0.6 is 11.3 Å². The number of nitrogens with one attached hydrogen (secondary N) is 1. The minimum atomic E-state index is 0.435. The Morgan fingerprint density at radius 3 is 3.15 bits per heavy atom. The van der Waals surface area contributed by atoms with Gasteiger partial charge in [-0.3, -0.25) is 0 Å². The Morgan fingerprint density at radius 1 is 1.40 bits per heavy atom. The molecule has 3 rings (SSSR count). The third-order valence-corrected chi connectivity index (χ3v) is 4.68. The van der Waals surface area contributed by atoms with Crippen molar-refractivity contribution in [2.24, 2.45) is 0 Å². The lowest BCUT2D eigenvalue weighted by atomic mass is 10.0. The molecule has 0 bridgehead atoms. The van der Waals surface area contributed by atoms with Gasteiger partial charge in [-0.15, -0.1) is 11.3 Å². The van der Waals surface area contributed by atoms with Crippen molar-refractivity contribution < 1.29 is 0 Å². The molecular weight excluding hydrogens is 266 g/mol. The first kappa shape index (κ1) is 13.7. The van der Waals surface area contributed by atoms with E-state index < -0.39 is 0 Å². The van der Waals surface area contributed by atoms with Crippen LogP contribution in [0.4, 0.5) is 0 Å². The van der Waals surface area contributed by atoms with Crippen LogP contribution in [0.3, 0.4) is 0 Å². The van der Waals surface area contributed by atoms with Crippen molar-refractivity contribution in [3.63, 3.8) is 0 Å². The van der Waals surface area contributed by atoms with Gasteiger partial charge in [-0.05, 0) is 43.7 Å². The number of thiophene rings is 1. The van der Waals surface area contributed by atoms with E-state index in [-0.39, 0.29) is 0 Å². The topological polar surface area (TPSA) is 37.8 Å². The van der Waals surface area contributed by atoms with Gasteiger partial charge < -0.3 is 5.32 Å². The minimum absolute atomic E-state index is 0.435. The lowest BCUT2D eigenvalue weighted by Gasteiger charge is -2.18. The summed E-state index contributed by atoms with van der Waals surface area (Å²) in [5, 5.41) is 5.72. The molecule has 1 aliphatic rings. The number of nitrogens with zero attached hydrogens (tertiary/aromatic N) is 2. The van der Waals surface area contributed by atoms with E-state index in [0.717, 1.165) is 23.7 Å². The Kier molecular flexibility index (Phi) is 4.43. The van der Waals surface area contributed by atoms with Crippen molar-refractivity contribution in [1.29, 1.82) is 0 Å². The van der Waals surface area contributed by atoms with Crippen molar-refractivity contribution in [2.45, 2.75) is 45.1 Å². The molecular formula is C16H21N3S. The van der Waals surface area contributed by atoms with E-state index in [1.165, 1.54) is 36.9 Å². The van der Waals surface area contributed by atoms with Gasteiger partial charge in [0.25, 0.3) is 0 Å². The monoisotopic (exact) mass is 287 g/mol. The summed E-state index contributed by atoms with van der Waals surface area (Å²) in [4.78, 5) is 10.6. The minimum Gasteiger partial charge on any atom is -0.310 e. The molecule has 0 aromatic carbocycles. The Bertz CT molecular complexity index is 551. The van der Waals surface area contributed by atoms with Gasteiger partial charge in [-0.25, -0.2) is 9.97 Å². The van der Waals surface area contributed by atoms with E-state index in [0.29, 0.717) is 6.04 Å². The average molecular weight is 287 g/mol. The number of rotatable bonds is 4. The molecule has 3 nitrogen and oxygen atoms in total. The van der Waals surface area contributed by atoms with E-state index in [2.05, 4.69) is 40.9 Å². The van der Waals surface area contributed by atoms with Gasteiger partial charge in [0.05, 0.1) is 4.88 Å². The number of aromatic nitrogens is 2. The van der Waals surface area contributed by atoms with Crippen LogP contribution < -0.4 is 5.32 Å². The van der Waals surface area contributed by atoms with Crippen molar-refractivity contribution in [3.8, 4) is 10.7 Å². The lowest BCUT2D eigenvalue weighted by Crippen LogP contribution is -2.23. The largest absolute Gasteiger partial charge is 0.310 e. The maximum absolute atomic E-state index is 4.83. The quantitative estimate of drug-likeness (QED) is 0.865. The summed E-state index contributed by atoms with van der Waals surface area (Å²) in [6.07, 6.45) is 8.01. The zero-order valence-corrected chi connectivity index (χ0v) is 12.7. The van der Waals surface area contributed by atoms with E-state index in [9.17, 15) is 0 Å². The molecule has 0 aliphatic heterocycles. The fraction of sp³-hybridized carbons (Fsp3) is 0.500. The van der Waals surface area contributed by atoms with Crippen molar-refractivity contribution in [2.75, 3.05) is 6.54 Å². The third-order valence-electron chi connectivity index (χ3n) is 3.81. The van der Waals surface area contributed by atoms with E-state index in [1.807, 2.05) is 0 Å². The van der Waals surface area contributed by atoms with Crippen molar-refractivity contribution in [3.05, 3.63) is 35.0 Å². The van der Waals surface area contributed by atoms with E-state index in [4.69, 9.17) is 4.98 Å². The molecule has 2 aromatic rings. The second-order valence-electron chi connectivity index (χ2n) is 5.33. The number of hydrogen-bond acceptors (Lipinski definition) is 4. The highest BCUT2D eigenvalue weighted by Gasteiger charge is 2.20. The van der Waals surface area contributed by atoms with Gasteiger partial charge in [0.1, 0.15) is 0 Å². The van der Waals surface area contributed by atoms with Crippen LogP contribution in [-0.4, -0.2) is 16.5 Å². The Hall–Kier alpha value is -1.26. The van der Waals surface area contributed by atoms with Crippen LogP contribution in [-0.2, 0) is 6.42 Å². The first-order valence-corrected chi connectivity index (χ1v) is 8.39. The van der Waals surface area contributed by atoms with Gasteiger partial charge in [0.2, 0.25) is 0 Å². The molecule has 0 saturated carbocycles. The smallest absolute Gasteiger partial charge is 0.169 e. The molecule has 1 aliphatic carbocycles. The summed E-state index contributed by atoms with van der Waals surface area (Å²) in [5.41, 5.74) is 2.56. The van der Waals surface area contributed by atoms with E-state index in [1.54, 1.807) is 11.3 Å². The van der Waals surface area contributed by atoms with Crippen LogP contribution in [0.15, 0.2) is 23.7 Å². The molecule has 1 atom stereocenters. The third kappa shape index (κ3) is 2.91. The van der Waals surface area contributed by atoms with Gasteiger partial charge in [-0.1, -0.05) is 19.4 Å². The molecule has 4 heteroatoms. The van der Waals surface area contributed by atoms with Crippen LogP contribution in [0.2, 0.25) is 0 Å². The normalized spacial score (nSPS) is 18.6. The summed E-state index contributed by atoms with van der Waals surface area (Å²) < 4.78 is 0. The molecule has 0 fully saturated rings. The molecule has 1 N–H and O–H groups in total. The summed E-state index contributed by atoms with van der Waals surface area (Å²) in [6.45, 7) is 3.28. The molecule has 106 valence electrons. The molecule has 2 heterocycles. The van der Waals surface area contributed by atoms with Gasteiger partial charge in [-0.2, -0.15) is 0 Å². The fourth-order valence-electron chi connectivity index (χ4n) is 2.77. The maximum atomic E-state index is 4.83. The summed E-state index contributed by atoms with van der Waals surface area (Å²) in [6, 6.07) is 4.58. The first-order valence-electron chi connectivity index (χ1n) is 7.51. The van der Waals surface area contributed by atoms with Crippen LogP contribution in [0.25, 0.3) is 10.7 Å². The molecule has 0 spiro atoms. The molecule has 0 saturated heterocycles. The highest BCUT2D eigenvalue weighted by molar-refractivity contribution is 7.13. The second-order valence-corrected chi connectivity index (χ2v) is 6.27. The number of fused-ring (bicyclic) bond motifs is 1. The predicted octanol–water partition coefficient (Wildman–Crippen LogP) is 3.97. The zero-order valence-electron chi connectivity index (χ0n) is 11.9.